The van der Waals surface area contributed by atoms with Crippen LogP contribution in [0.3, 0.4) is 0 Å². The molecule has 2 amide bonds. The van der Waals surface area contributed by atoms with Crippen LogP contribution in [0.2, 0.25) is 0 Å². The molecule has 3 N–H and O–H groups in total. The molecule has 2 aliphatic heterocycles. The highest BCUT2D eigenvalue weighted by atomic mass is 19.3. The third kappa shape index (κ3) is 3.58. The van der Waals surface area contributed by atoms with Crippen molar-refractivity contribution in [3.05, 3.63) is 23.9 Å². The maximum atomic E-state index is 13.3. The molecule has 1 aromatic heterocycles. The smallest absolute Gasteiger partial charge is 0.416 e. The summed E-state index contributed by atoms with van der Waals surface area (Å²) in [7, 11) is 0. The van der Waals surface area contributed by atoms with E-state index in [-0.39, 0.29) is 18.0 Å². The molecule has 0 bridgehead atoms. The van der Waals surface area contributed by atoms with Crippen molar-refractivity contribution >= 4 is 23.5 Å². The fourth-order valence-corrected chi connectivity index (χ4v) is 3.43. The number of cyclic esters (lactones) is 1. The molecule has 0 radical (unpaired) electrons. The van der Waals surface area contributed by atoms with E-state index < -0.39 is 37.1 Å². The zero-order chi connectivity index (χ0) is 22.3. The van der Waals surface area contributed by atoms with Gasteiger partial charge in [-0.15, -0.1) is 0 Å². The van der Waals surface area contributed by atoms with Gasteiger partial charge in [0.15, 0.2) is 5.82 Å². The Hall–Kier alpha value is -3.88. The second-order valence-corrected chi connectivity index (χ2v) is 7.09. The Morgan fingerprint density at radius 3 is 2.87 bits per heavy atom. The van der Waals surface area contributed by atoms with E-state index in [1.807, 2.05) is 6.07 Å². The number of nitrogens with zero attached hydrogens (tertiary/aromatic N) is 4. The maximum Gasteiger partial charge on any atom is 0.416 e. The van der Waals surface area contributed by atoms with Crippen molar-refractivity contribution in [2.24, 2.45) is 5.73 Å². The molecule has 10 nitrogen and oxygen atoms in total. The molecule has 1 fully saturated rings. The van der Waals surface area contributed by atoms with Crippen LogP contribution in [-0.4, -0.2) is 53.3 Å². The summed E-state index contributed by atoms with van der Waals surface area (Å²) in [6, 6.07) is 2.96. The van der Waals surface area contributed by atoms with Gasteiger partial charge in [-0.25, -0.2) is 23.5 Å². The summed E-state index contributed by atoms with van der Waals surface area (Å²) >= 11 is 0. The Kier molecular flexibility index (Phi) is 5.10. The van der Waals surface area contributed by atoms with E-state index in [4.69, 9.17) is 15.2 Å². The number of fused-ring (bicyclic) bond motifs is 3. The van der Waals surface area contributed by atoms with Crippen LogP contribution in [0, 0.1) is 11.3 Å². The van der Waals surface area contributed by atoms with E-state index in [0.29, 0.717) is 29.4 Å². The minimum absolute atomic E-state index is 0.0266. The Bertz CT molecular complexity index is 1100. The van der Waals surface area contributed by atoms with E-state index in [0.717, 1.165) is 4.90 Å². The first-order chi connectivity index (χ1) is 14.8. The fraction of sp³-hybridized carbons (Fsp3) is 0.368. The predicted octanol–water partition coefficient (Wildman–Crippen LogP) is 1.69. The predicted molar refractivity (Wildman–Crippen MR) is 104 cm³/mol. The lowest BCUT2D eigenvalue weighted by molar-refractivity contribution is -0.118. The van der Waals surface area contributed by atoms with E-state index >= 15 is 0 Å². The number of primary amides is 1. The Morgan fingerprint density at radius 2 is 2.19 bits per heavy atom. The van der Waals surface area contributed by atoms with Crippen LogP contribution < -0.4 is 20.7 Å². The number of benzene rings is 1. The Morgan fingerprint density at radius 1 is 1.42 bits per heavy atom. The molecule has 0 spiro atoms. The van der Waals surface area contributed by atoms with E-state index in [2.05, 4.69) is 10.3 Å². The van der Waals surface area contributed by atoms with Gasteiger partial charge in [-0.2, -0.15) is 5.26 Å². The molecule has 31 heavy (non-hydrogen) atoms. The molecular formula is C19H18F2N6O4. The minimum Gasteiger partial charge on any atom is -0.491 e. The number of nitrogens with two attached hydrogens (primary N) is 1. The average Bonchev–Trinajstić information content (AvgIpc) is 3.27. The number of nitriles is 1. The van der Waals surface area contributed by atoms with Crippen molar-refractivity contribution in [1.82, 2.24) is 9.55 Å². The number of aromatic nitrogens is 2. The zero-order valence-electron chi connectivity index (χ0n) is 16.3. The molecular weight excluding hydrogens is 414 g/mol. The van der Waals surface area contributed by atoms with Crippen molar-refractivity contribution < 1.29 is 27.8 Å². The lowest BCUT2D eigenvalue weighted by atomic mass is 10.1. The monoisotopic (exact) mass is 432 g/mol. The lowest BCUT2D eigenvalue weighted by Crippen LogP contribution is -2.38. The number of carbonyl (C=O) groups is 2. The SMILES string of the molecule is C[C@H](Nc1cc2c(cc1C#N)-c1nc(N3C(=O)OC[C@H]3C(F)F)cn1CCO2)C(N)=O. The summed E-state index contributed by atoms with van der Waals surface area (Å²) in [5, 5.41) is 12.4. The molecule has 2 aliphatic rings. The standard InChI is InChI=1S/C19H18F2N6O4/c1-9(17(23)28)24-12-5-14-11(4-10(12)6-22)18-25-15(7-26(18)2-3-30-14)27-13(16(20)21)8-31-19(27)29/h4-5,7,9,13,16,24H,2-3,8H2,1H3,(H2,23,28)/t9-,13-/m0/s1. The van der Waals surface area contributed by atoms with Crippen LogP contribution in [0.5, 0.6) is 5.75 Å². The Labute approximate surface area is 175 Å². The maximum absolute atomic E-state index is 13.3. The molecule has 162 valence electrons. The number of hydrogen-bond acceptors (Lipinski definition) is 7. The normalized spacial score (nSPS) is 18.4. The van der Waals surface area contributed by atoms with Crippen molar-refractivity contribution in [3.8, 4) is 23.2 Å². The van der Waals surface area contributed by atoms with Gasteiger partial charge >= 0.3 is 6.09 Å². The largest absolute Gasteiger partial charge is 0.491 e. The van der Waals surface area contributed by atoms with Crippen LogP contribution in [0.1, 0.15) is 12.5 Å². The number of halogens is 2. The lowest BCUT2D eigenvalue weighted by Gasteiger charge is -2.18. The van der Waals surface area contributed by atoms with Crippen molar-refractivity contribution in [2.45, 2.75) is 32.0 Å². The second kappa shape index (κ2) is 7.75. The summed E-state index contributed by atoms with van der Waals surface area (Å²) in [6.45, 7) is 1.70. The molecule has 0 saturated carbocycles. The number of anilines is 2. The minimum atomic E-state index is -2.80. The topological polar surface area (TPSA) is 136 Å². The number of ether oxygens (including phenoxy) is 2. The third-order valence-corrected chi connectivity index (χ3v) is 5.08. The van der Waals surface area contributed by atoms with E-state index in [1.165, 1.54) is 12.3 Å². The number of imidazole rings is 1. The number of hydrogen-bond donors (Lipinski definition) is 2. The molecule has 0 aliphatic carbocycles. The highest BCUT2D eigenvalue weighted by Crippen LogP contribution is 2.38. The molecule has 2 atom stereocenters. The number of amides is 2. The highest BCUT2D eigenvalue weighted by molar-refractivity contribution is 5.90. The van der Waals surface area contributed by atoms with Gasteiger partial charge in [0.25, 0.3) is 6.43 Å². The summed E-state index contributed by atoms with van der Waals surface area (Å²) in [5.41, 5.74) is 6.29. The number of rotatable bonds is 5. The molecule has 1 saturated heterocycles. The molecule has 3 heterocycles. The Balaban J connectivity index is 1.77. The molecule has 2 aromatic rings. The van der Waals surface area contributed by atoms with E-state index in [1.54, 1.807) is 17.6 Å². The summed E-state index contributed by atoms with van der Waals surface area (Å²) in [5.74, 6) is 0.162. The number of nitrogens with one attached hydrogen (secondary N) is 1. The van der Waals surface area contributed by atoms with Gasteiger partial charge in [0.2, 0.25) is 5.91 Å². The number of alkyl halides is 2. The van der Waals surface area contributed by atoms with Gasteiger partial charge in [-0.3, -0.25) is 4.79 Å². The van der Waals surface area contributed by atoms with Crippen LogP contribution in [0.15, 0.2) is 18.3 Å². The van der Waals surface area contributed by atoms with Gasteiger partial charge in [0, 0.05) is 12.3 Å². The fourth-order valence-electron chi connectivity index (χ4n) is 3.43. The van der Waals surface area contributed by atoms with Gasteiger partial charge in [-0.1, -0.05) is 0 Å². The van der Waals surface area contributed by atoms with Gasteiger partial charge in [0.1, 0.15) is 42.9 Å². The van der Waals surface area contributed by atoms with Gasteiger partial charge in [0.05, 0.1) is 23.4 Å². The van der Waals surface area contributed by atoms with Gasteiger partial charge in [-0.05, 0) is 13.0 Å². The van der Waals surface area contributed by atoms with Gasteiger partial charge < -0.3 is 25.1 Å². The quantitative estimate of drug-likeness (QED) is 0.734. The molecule has 4 rings (SSSR count). The first-order valence-electron chi connectivity index (χ1n) is 9.38. The van der Waals surface area contributed by atoms with Crippen LogP contribution in [-0.2, 0) is 16.1 Å². The van der Waals surface area contributed by atoms with E-state index in [9.17, 15) is 23.6 Å². The molecule has 1 aromatic carbocycles. The first kappa shape index (κ1) is 20.4. The van der Waals surface area contributed by atoms with Crippen LogP contribution in [0.4, 0.5) is 25.1 Å². The second-order valence-electron chi connectivity index (χ2n) is 7.09. The summed E-state index contributed by atoms with van der Waals surface area (Å²) < 4.78 is 38.9. The zero-order valence-corrected chi connectivity index (χ0v) is 16.3. The summed E-state index contributed by atoms with van der Waals surface area (Å²) in [4.78, 5) is 28.6. The van der Waals surface area contributed by atoms with Crippen LogP contribution in [0.25, 0.3) is 11.4 Å². The molecule has 12 heteroatoms. The highest BCUT2D eigenvalue weighted by Gasteiger charge is 2.42. The van der Waals surface area contributed by atoms with Crippen molar-refractivity contribution in [1.29, 1.82) is 5.26 Å². The average molecular weight is 432 g/mol. The van der Waals surface area contributed by atoms with Crippen LogP contribution >= 0.6 is 0 Å². The number of carbonyl (C=O) groups excluding carboxylic acids is 2. The molecule has 0 unspecified atom stereocenters. The summed E-state index contributed by atoms with van der Waals surface area (Å²) in [6.07, 6.45) is -2.22. The first-order valence-corrected chi connectivity index (χ1v) is 9.38. The van der Waals surface area contributed by atoms with Crippen molar-refractivity contribution in [2.75, 3.05) is 23.4 Å². The van der Waals surface area contributed by atoms with Crippen molar-refractivity contribution in [3.63, 3.8) is 0 Å². The third-order valence-electron chi connectivity index (χ3n) is 5.08.